The number of nitrogens with one attached hydrogen (secondary N) is 2. The molecule has 20 heavy (non-hydrogen) atoms. The Balaban J connectivity index is 2.02. The number of carbonyl (C=O) groups excluding carboxylic acids is 1. The second-order valence-corrected chi connectivity index (χ2v) is 4.87. The van der Waals surface area contributed by atoms with Crippen molar-refractivity contribution in [3.8, 4) is 0 Å². The maximum Gasteiger partial charge on any atom is 0.319 e. The minimum absolute atomic E-state index is 0.0208. The molecule has 2 atom stereocenters. The molecule has 1 aromatic rings. The number of hydrogen-bond donors (Lipinski definition) is 3. The van der Waals surface area contributed by atoms with Crippen LogP contribution in [0.25, 0.3) is 0 Å². The zero-order valence-corrected chi connectivity index (χ0v) is 10.9. The van der Waals surface area contributed by atoms with E-state index in [4.69, 9.17) is 4.74 Å². The average molecular weight is 282 g/mol. The molecule has 1 fully saturated rings. The zero-order chi connectivity index (χ0) is 14.8. The van der Waals surface area contributed by atoms with Gasteiger partial charge in [0.2, 0.25) is 0 Å². The number of aliphatic carboxylic acids is 1. The summed E-state index contributed by atoms with van der Waals surface area (Å²) >= 11 is 0. The van der Waals surface area contributed by atoms with E-state index in [1.54, 1.807) is 6.07 Å². The van der Waals surface area contributed by atoms with Crippen molar-refractivity contribution >= 4 is 17.7 Å². The summed E-state index contributed by atoms with van der Waals surface area (Å²) in [7, 11) is 0. The van der Waals surface area contributed by atoms with E-state index in [0.717, 1.165) is 0 Å². The molecule has 3 N–H and O–H groups in total. The van der Waals surface area contributed by atoms with E-state index in [2.05, 4.69) is 10.6 Å². The lowest BCUT2D eigenvalue weighted by molar-refractivity contribution is -0.148. The van der Waals surface area contributed by atoms with Gasteiger partial charge in [-0.25, -0.2) is 9.18 Å². The first-order valence-corrected chi connectivity index (χ1v) is 6.06. The maximum absolute atomic E-state index is 13.4. The molecule has 6 nitrogen and oxygen atoms in total. The van der Waals surface area contributed by atoms with Crippen LogP contribution in [-0.2, 0) is 9.53 Å². The Hall–Kier alpha value is -2.15. The van der Waals surface area contributed by atoms with Crippen LogP contribution in [0.4, 0.5) is 14.9 Å². The van der Waals surface area contributed by atoms with Gasteiger partial charge in [0, 0.05) is 0 Å². The third-order valence-corrected chi connectivity index (χ3v) is 3.37. The number of hydrogen-bond acceptors (Lipinski definition) is 3. The van der Waals surface area contributed by atoms with E-state index in [1.807, 2.05) is 0 Å². The van der Waals surface area contributed by atoms with Crippen LogP contribution in [0.2, 0.25) is 0 Å². The minimum atomic E-state index is -1.19. The summed E-state index contributed by atoms with van der Waals surface area (Å²) in [6, 6.07) is 4.38. The van der Waals surface area contributed by atoms with Crippen LogP contribution < -0.4 is 10.6 Å². The number of rotatable bonds is 3. The van der Waals surface area contributed by atoms with Gasteiger partial charge in [-0.05, 0) is 19.1 Å². The quantitative estimate of drug-likeness (QED) is 0.782. The number of amides is 2. The normalized spacial score (nSPS) is 25.2. The zero-order valence-electron chi connectivity index (χ0n) is 10.9. The van der Waals surface area contributed by atoms with Crippen LogP contribution in [0.1, 0.15) is 6.92 Å². The highest BCUT2D eigenvalue weighted by Gasteiger charge is 2.47. The molecular formula is C13H15FN2O4. The van der Waals surface area contributed by atoms with Gasteiger partial charge in [-0.3, -0.25) is 4.79 Å². The molecule has 0 aromatic heterocycles. The number of benzene rings is 1. The molecule has 0 spiro atoms. The third kappa shape index (κ3) is 2.72. The fraction of sp³-hybridized carbons (Fsp3) is 0.385. The molecule has 1 heterocycles. The van der Waals surface area contributed by atoms with E-state index in [1.165, 1.54) is 25.1 Å². The molecule has 0 radical (unpaired) electrons. The highest BCUT2D eigenvalue weighted by atomic mass is 19.1. The van der Waals surface area contributed by atoms with Crippen molar-refractivity contribution in [2.75, 3.05) is 18.5 Å². The molecule has 0 saturated carbocycles. The minimum Gasteiger partial charge on any atom is -0.481 e. The second kappa shape index (κ2) is 5.46. The fourth-order valence-corrected chi connectivity index (χ4v) is 1.96. The van der Waals surface area contributed by atoms with Crippen LogP contribution in [0.15, 0.2) is 24.3 Å². The van der Waals surface area contributed by atoms with Gasteiger partial charge in [-0.1, -0.05) is 12.1 Å². The van der Waals surface area contributed by atoms with Gasteiger partial charge in [0.25, 0.3) is 0 Å². The van der Waals surface area contributed by atoms with E-state index in [0.29, 0.717) is 0 Å². The molecule has 2 amide bonds. The Kier molecular flexibility index (Phi) is 3.89. The van der Waals surface area contributed by atoms with Crippen molar-refractivity contribution in [2.45, 2.75) is 13.0 Å². The van der Waals surface area contributed by atoms with Gasteiger partial charge in [0.05, 0.1) is 24.9 Å². The number of ether oxygens (including phenoxy) is 1. The van der Waals surface area contributed by atoms with Gasteiger partial charge in [0.15, 0.2) is 0 Å². The fourth-order valence-electron chi connectivity index (χ4n) is 1.96. The number of carbonyl (C=O) groups is 2. The van der Waals surface area contributed by atoms with Crippen molar-refractivity contribution in [2.24, 2.45) is 5.41 Å². The molecule has 1 saturated heterocycles. The second-order valence-electron chi connectivity index (χ2n) is 4.87. The SMILES string of the molecule is CC1(C(=O)O)COCC1NC(=O)Nc1ccccc1F. The predicted molar refractivity (Wildman–Crippen MR) is 68.9 cm³/mol. The molecule has 1 aliphatic rings. The largest absolute Gasteiger partial charge is 0.481 e. The van der Waals surface area contributed by atoms with Gasteiger partial charge >= 0.3 is 12.0 Å². The highest BCUT2D eigenvalue weighted by Crippen LogP contribution is 2.28. The van der Waals surface area contributed by atoms with Crippen molar-refractivity contribution in [1.29, 1.82) is 0 Å². The molecule has 1 aliphatic heterocycles. The number of urea groups is 1. The number of carboxylic acids is 1. The lowest BCUT2D eigenvalue weighted by Gasteiger charge is -2.25. The topological polar surface area (TPSA) is 87.7 Å². The van der Waals surface area contributed by atoms with Gasteiger partial charge in [0.1, 0.15) is 11.2 Å². The van der Waals surface area contributed by atoms with Crippen LogP contribution >= 0.6 is 0 Å². The number of anilines is 1. The summed E-state index contributed by atoms with van der Waals surface area (Å²) in [5, 5.41) is 14.0. The summed E-state index contributed by atoms with van der Waals surface area (Å²) in [4.78, 5) is 23.0. The molecule has 0 aliphatic carbocycles. The van der Waals surface area contributed by atoms with Crippen molar-refractivity contribution in [1.82, 2.24) is 5.32 Å². The van der Waals surface area contributed by atoms with Crippen molar-refractivity contribution < 1.29 is 23.8 Å². The Morgan fingerprint density at radius 3 is 2.80 bits per heavy atom. The van der Waals surface area contributed by atoms with Crippen LogP contribution in [0.5, 0.6) is 0 Å². The summed E-state index contributed by atoms with van der Waals surface area (Å²) in [6.45, 7) is 1.62. The van der Waals surface area contributed by atoms with Crippen LogP contribution in [-0.4, -0.2) is 36.4 Å². The Morgan fingerprint density at radius 2 is 2.15 bits per heavy atom. The van der Waals surface area contributed by atoms with Gasteiger partial charge < -0.3 is 20.5 Å². The van der Waals surface area contributed by atoms with Crippen LogP contribution in [0.3, 0.4) is 0 Å². The molecule has 1 aromatic carbocycles. The first-order valence-electron chi connectivity index (χ1n) is 6.06. The molecule has 108 valence electrons. The molecule has 7 heteroatoms. The molecule has 0 bridgehead atoms. The Labute approximate surface area is 114 Å². The maximum atomic E-state index is 13.4. The van der Waals surface area contributed by atoms with E-state index in [9.17, 15) is 19.1 Å². The van der Waals surface area contributed by atoms with E-state index >= 15 is 0 Å². The Bertz CT molecular complexity index is 537. The first-order chi connectivity index (χ1) is 9.43. The summed E-state index contributed by atoms with van der Waals surface area (Å²) in [5.74, 6) is -1.61. The first kappa shape index (κ1) is 14.3. The standard InChI is InChI=1S/C13H15FN2O4/c1-13(11(17)18)7-20-6-10(13)16-12(19)15-9-5-3-2-4-8(9)14/h2-5,10H,6-7H2,1H3,(H,17,18)(H2,15,16,19). The van der Waals surface area contributed by atoms with E-state index in [-0.39, 0.29) is 18.9 Å². The van der Waals surface area contributed by atoms with Crippen molar-refractivity contribution in [3.63, 3.8) is 0 Å². The van der Waals surface area contributed by atoms with Gasteiger partial charge in [-0.15, -0.1) is 0 Å². The summed E-state index contributed by atoms with van der Waals surface area (Å²) < 4.78 is 18.5. The number of halogens is 1. The lowest BCUT2D eigenvalue weighted by atomic mass is 9.85. The number of carboxylic acid groups (broad SMARTS) is 1. The van der Waals surface area contributed by atoms with Gasteiger partial charge in [-0.2, -0.15) is 0 Å². The molecular weight excluding hydrogens is 267 g/mol. The number of para-hydroxylation sites is 1. The predicted octanol–water partition coefficient (Wildman–Crippen LogP) is 1.44. The monoisotopic (exact) mass is 282 g/mol. The van der Waals surface area contributed by atoms with E-state index < -0.39 is 29.3 Å². The molecule has 2 rings (SSSR count). The van der Waals surface area contributed by atoms with Crippen molar-refractivity contribution in [3.05, 3.63) is 30.1 Å². The summed E-state index contributed by atoms with van der Waals surface area (Å²) in [5.41, 5.74) is -1.16. The lowest BCUT2D eigenvalue weighted by Crippen LogP contribution is -2.50. The third-order valence-electron chi connectivity index (χ3n) is 3.37. The van der Waals surface area contributed by atoms with Crippen LogP contribution in [0, 0.1) is 11.2 Å². The summed E-state index contributed by atoms with van der Waals surface area (Å²) in [6.07, 6.45) is 0. The Morgan fingerprint density at radius 1 is 1.45 bits per heavy atom. The highest BCUT2D eigenvalue weighted by molar-refractivity contribution is 5.90. The smallest absolute Gasteiger partial charge is 0.319 e. The molecule has 2 unspecified atom stereocenters. The average Bonchev–Trinajstić information content (AvgIpc) is 2.75.